The van der Waals surface area contributed by atoms with Crippen LogP contribution in [0.3, 0.4) is 0 Å². The van der Waals surface area contributed by atoms with Crippen molar-refractivity contribution < 1.29 is 9.53 Å². The van der Waals surface area contributed by atoms with Crippen LogP contribution in [0.2, 0.25) is 5.02 Å². The van der Waals surface area contributed by atoms with E-state index in [2.05, 4.69) is 16.3 Å². The molecule has 0 radical (unpaired) electrons. The van der Waals surface area contributed by atoms with Crippen LogP contribution in [0.1, 0.15) is 16.7 Å². The lowest BCUT2D eigenvalue weighted by atomic mass is 10.1. The first-order valence-electron chi connectivity index (χ1n) is 15.3. The van der Waals surface area contributed by atoms with E-state index in [0.29, 0.717) is 52.8 Å². The number of nitrogens with zero attached hydrogens (tertiary/aromatic N) is 5. The lowest BCUT2D eigenvalue weighted by molar-refractivity contribution is -0.115. The van der Waals surface area contributed by atoms with E-state index in [-0.39, 0.29) is 15.8 Å². The van der Waals surface area contributed by atoms with E-state index >= 15 is 0 Å². The average Bonchev–Trinajstić information content (AvgIpc) is 3.65. The monoisotopic (exact) mass is 664 g/mol. The van der Waals surface area contributed by atoms with Crippen LogP contribution in [0.15, 0.2) is 83.8 Å². The highest BCUT2D eigenvalue weighted by molar-refractivity contribution is 7.07. The quantitative estimate of drug-likeness (QED) is 0.269. The van der Waals surface area contributed by atoms with Crippen LogP contribution >= 0.6 is 22.9 Å². The molecule has 238 valence electrons. The molecule has 6 rings (SSSR count). The number of aromatic nitrogens is 3. The number of thiazole rings is 1. The molecule has 11 heteroatoms. The molecule has 2 aromatic heterocycles. The number of para-hydroxylation sites is 1. The smallest absolute Gasteiger partial charge is 0.273 e. The van der Waals surface area contributed by atoms with Crippen molar-refractivity contribution >= 4 is 40.5 Å². The largest absolute Gasteiger partial charge is 0.379 e. The Morgan fingerprint density at radius 1 is 1.04 bits per heavy atom. The minimum Gasteiger partial charge on any atom is -0.379 e. The van der Waals surface area contributed by atoms with Crippen LogP contribution in [-0.2, 0) is 9.53 Å². The summed E-state index contributed by atoms with van der Waals surface area (Å²) in [6, 6.07) is 24.8. The molecule has 1 amide bonds. The Balaban J connectivity index is 1.50. The maximum absolute atomic E-state index is 14.2. The topological polar surface area (TPSA) is 105 Å². The lowest BCUT2D eigenvalue weighted by Crippen LogP contribution is -2.42. The first-order valence-corrected chi connectivity index (χ1v) is 16.5. The standard InChI is InChI=1S/C36H33ClN6O3S/c1-24-8-13-30(20-25(24)2)43-35(45)32(47-36(43)31(22-38)34(44)39-14-15-41-16-18-46-19-17-41)21-27-23-42(29-6-4-3-5-7-29)40-33(27)26-9-11-28(37)12-10-26/h3-13,20-21,23H,14-19H2,1-2H3,(H,39,44)/b32-21-,36-31-. The van der Waals surface area contributed by atoms with Gasteiger partial charge in [0.25, 0.3) is 11.5 Å². The van der Waals surface area contributed by atoms with Gasteiger partial charge in [0.05, 0.1) is 29.1 Å². The molecular weight excluding hydrogens is 632 g/mol. The summed E-state index contributed by atoms with van der Waals surface area (Å²) < 4.78 is 9.26. The van der Waals surface area contributed by atoms with E-state index in [4.69, 9.17) is 21.4 Å². The van der Waals surface area contributed by atoms with E-state index < -0.39 is 5.91 Å². The number of amides is 1. The van der Waals surface area contributed by atoms with E-state index in [0.717, 1.165) is 46.8 Å². The zero-order valence-electron chi connectivity index (χ0n) is 26.1. The first kappa shape index (κ1) is 32.2. The molecule has 0 bridgehead atoms. The fourth-order valence-electron chi connectivity index (χ4n) is 5.36. The fourth-order valence-corrected chi connectivity index (χ4v) is 6.58. The zero-order chi connectivity index (χ0) is 32.9. The molecule has 0 atom stereocenters. The van der Waals surface area contributed by atoms with Crippen molar-refractivity contribution in [2.24, 2.45) is 0 Å². The Morgan fingerprint density at radius 3 is 2.49 bits per heavy atom. The molecular formula is C36H33ClN6O3S. The van der Waals surface area contributed by atoms with Gasteiger partial charge in [-0.15, -0.1) is 11.3 Å². The maximum Gasteiger partial charge on any atom is 0.273 e. The van der Waals surface area contributed by atoms with Crippen molar-refractivity contribution in [1.82, 2.24) is 24.6 Å². The second-order valence-corrected chi connectivity index (χ2v) is 12.7. The van der Waals surface area contributed by atoms with Crippen molar-refractivity contribution in [2.45, 2.75) is 13.8 Å². The average molecular weight is 665 g/mol. The van der Waals surface area contributed by atoms with E-state index in [9.17, 15) is 14.9 Å². The van der Waals surface area contributed by atoms with Gasteiger partial charge in [0.1, 0.15) is 16.4 Å². The number of benzene rings is 3. The summed E-state index contributed by atoms with van der Waals surface area (Å²) in [5.74, 6) is -0.523. The number of hydrogen-bond acceptors (Lipinski definition) is 7. The summed E-state index contributed by atoms with van der Waals surface area (Å²) in [4.78, 5) is 29.9. The molecule has 3 heterocycles. The second kappa shape index (κ2) is 14.3. The van der Waals surface area contributed by atoms with Gasteiger partial charge in [0, 0.05) is 48.5 Å². The number of rotatable bonds is 8. The predicted octanol–water partition coefficient (Wildman–Crippen LogP) is 3.97. The minimum absolute atomic E-state index is 0.120. The summed E-state index contributed by atoms with van der Waals surface area (Å²) in [5, 5.41) is 18.6. The highest BCUT2D eigenvalue weighted by atomic mass is 35.5. The second-order valence-electron chi connectivity index (χ2n) is 11.2. The summed E-state index contributed by atoms with van der Waals surface area (Å²) in [6.45, 7) is 7.86. The summed E-state index contributed by atoms with van der Waals surface area (Å²) >= 11 is 7.29. The highest BCUT2D eigenvalue weighted by Gasteiger charge is 2.19. The van der Waals surface area contributed by atoms with Crippen LogP contribution in [0.4, 0.5) is 0 Å². The van der Waals surface area contributed by atoms with Crippen LogP contribution in [0, 0.1) is 25.2 Å². The van der Waals surface area contributed by atoms with Crippen LogP contribution in [-0.4, -0.2) is 64.5 Å². The zero-order valence-corrected chi connectivity index (χ0v) is 27.6. The Morgan fingerprint density at radius 2 is 1.79 bits per heavy atom. The maximum atomic E-state index is 14.2. The van der Waals surface area contributed by atoms with Crippen LogP contribution in [0.25, 0.3) is 34.3 Å². The molecule has 47 heavy (non-hydrogen) atoms. The predicted molar refractivity (Wildman–Crippen MR) is 186 cm³/mol. The third-order valence-electron chi connectivity index (χ3n) is 8.11. The van der Waals surface area contributed by atoms with Gasteiger partial charge in [-0.1, -0.05) is 48.0 Å². The van der Waals surface area contributed by atoms with Gasteiger partial charge in [0.2, 0.25) is 0 Å². The number of nitrogens with one attached hydrogen (secondary N) is 1. The van der Waals surface area contributed by atoms with Gasteiger partial charge in [-0.25, -0.2) is 4.68 Å². The van der Waals surface area contributed by atoms with Gasteiger partial charge in [0.15, 0.2) is 5.57 Å². The molecule has 1 fully saturated rings. The van der Waals surface area contributed by atoms with Gasteiger partial charge < -0.3 is 10.1 Å². The number of morpholine rings is 1. The Bertz CT molecular complexity index is 2140. The molecule has 1 N–H and O–H groups in total. The Hall–Kier alpha value is -4.79. The summed E-state index contributed by atoms with van der Waals surface area (Å²) in [7, 11) is 0. The Labute approximate surface area is 281 Å². The number of hydrogen-bond donors (Lipinski definition) is 1. The van der Waals surface area contributed by atoms with E-state index in [1.807, 2.05) is 80.7 Å². The van der Waals surface area contributed by atoms with Crippen molar-refractivity contribution in [3.63, 3.8) is 0 Å². The highest BCUT2D eigenvalue weighted by Crippen LogP contribution is 2.26. The molecule has 0 unspecified atom stereocenters. The fraction of sp³-hybridized carbons (Fsp3) is 0.222. The SMILES string of the molecule is Cc1ccc(-n2c(=O)/c(=C/c3cn(-c4ccccc4)nc3-c3ccc(Cl)cc3)s/c2=C(/C#N)C(=O)NCCN2CCOCC2)cc1C. The minimum atomic E-state index is -0.523. The number of ether oxygens (including phenoxy) is 1. The normalized spacial score (nSPS) is 14.6. The molecule has 9 nitrogen and oxygen atoms in total. The first-order chi connectivity index (χ1) is 22.8. The summed E-state index contributed by atoms with van der Waals surface area (Å²) in [5.41, 5.74) is 5.21. The molecule has 0 saturated carbocycles. The number of nitriles is 1. The van der Waals surface area contributed by atoms with Crippen LogP contribution in [0.5, 0.6) is 0 Å². The number of carbonyl (C=O) groups is 1. The van der Waals surface area contributed by atoms with Crippen molar-refractivity contribution in [3.8, 4) is 28.7 Å². The molecule has 1 aliphatic heterocycles. The van der Waals surface area contributed by atoms with Crippen LogP contribution < -0.4 is 20.1 Å². The van der Waals surface area contributed by atoms with Crippen molar-refractivity contribution in [3.05, 3.63) is 120 Å². The molecule has 5 aromatic rings. The summed E-state index contributed by atoms with van der Waals surface area (Å²) in [6.07, 6.45) is 3.64. The van der Waals surface area contributed by atoms with Crippen molar-refractivity contribution in [2.75, 3.05) is 39.4 Å². The van der Waals surface area contributed by atoms with Crippen molar-refractivity contribution in [1.29, 1.82) is 5.26 Å². The third-order valence-corrected chi connectivity index (χ3v) is 9.45. The van der Waals surface area contributed by atoms with Gasteiger partial charge in [-0.05, 0) is 67.4 Å². The number of carbonyl (C=O) groups excluding carboxylic acids is 1. The molecule has 1 saturated heterocycles. The lowest BCUT2D eigenvalue weighted by Gasteiger charge is -2.26. The third kappa shape index (κ3) is 7.14. The van der Waals surface area contributed by atoms with Gasteiger partial charge in [-0.3, -0.25) is 19.1 Å². The van der Waals surface area contributed by atoms with Gasteiger partial charge in [-0.2, -0.15) is 10.4 Å². The number of aryl methyl sites for hydroxylation is 2. The van der Waals surface area contributed by atoms with E-state index in [1.54, 1.807) is 22.9 Å². The molecule has 0 aliphatic carbocycles. The molecule has 0 spiro atoms. The number of halogens is 1. The van der Waals surface area contributed by atoms with E-state index in [1.165, 1.54) is 4.57 Å². The molecule has 1 aliphatic rings. The Kier molecular flexibility index (Phi) is 9.80. The molecule has 3 aromatic carbocycles. The van der Waals surface area contributed by atoms with Gasteiger partial charge >= 0.3 is 0 Å².